The van der Waals surface area contributed by atoms with Crippen molar-refractivity contribution in [2.45, 2.75) is 12.5 Å². The number of pyridine rings is 1. The number of nitrogens with two attached hydrogens (primary N) is 1. The Morgan fingerprint density at radius 1 is 1.69 bits per heavy atom. The molecule has 0 aliphatic carbocycles. The third kappa shape index (κ3) is 2.02. The largest absolute Gasteiger partial charge is 0.394 e. The van der Waals surface area contributed by atoms with Crippen molar-refractivity contribution in [3.8, 4) is 6.07 Å². The van der Waals surface area contributed by atoms with E-state index >= 15 is 0 Å². The van der Waals surface area contributed by atoms with Crippen LogP contribution in [0.4, 0.5) is 0 Å². The fourth-order valence-corrected chi connectivity index (χ4v) is 0.879. The average molecular weight is 177 g/mol. The maximum absolute atomic E-state index is 8.94. The molecule has 0 aliphatic heterocycles. The molecule has 3 N–H and O–H groups in total. The maximum Gasteiger partial charge on any atom is 0.101 e. The normalized spacial score (nSPS) is 14.6. The maximum atomic E-state index is 8.94. The summed E-state index contributed by atoms with van der Waals surface area (Å²) in [4.78, 5) is 3.98. The van der Waals surface area contributed by atoms with Gasteiger partial charge in [-0.3, -0.25) is 4.98 Å². The van der Waals surface area contributed by atoms with Crippen molar-refractivity contribution in [2.75, 3.05) is 6.61 Å². The molecule has 1 aromatic heterocycles. The summed E-state index contributed by atoms with van der Waals surface area (Å²) in [5.41, 5.74) is 5.96. The summed E-state index contributed by atoms with van der Waals surface area (Å²) in [5.74, 6) is 0. The van der Waals surface area contributed by atoms with Gasteiger partial charge in [-0.2, -0.15) is 5.26 Å². The zero-order valence-corrected chi connectivity index (χ0v) is 7.36. The molecular weight excluding hydrogens is 166 g/mol. The molecule has 0 bridgehead atoms. The molecule has 0 radical (unpaired) electrons. The Kier molecular flexibility index (Phi) is 2.61. The number of rotatable bonds is 2. The predicted molar refractivity (Wildman–Crippen MR) is 47.6 cm³/mol. The molecule has 0 aromatic carbocycles. The Labute approximate surface area is 76.6 Å². The fourth-order valence-electron chi connectivity index (χ4n) is 0.879. The first kappa shape index (κ1) is 9.65. The third-order valence-corrected chi connectivity index (χ3v) is 1.81. The van der Waals surface area contributed by atoms with Gasteiger partial charge in [0.25, 0.3) is 0 Å². The molecule has 4 heteroatoms. The standard InChI is InChI=1S/C9H11N3O/c1-9(11,6-13)8-3-2-7(4-10)5-12-8/h2-3,5,13H,6,11H2,1H3. The fraction of sp³-hybridized carbons (Fsp3) is 0.333. The predicted octanol–water partition coefficient (Wildman–Crippen LogP) is 0.119. The lowest BCUT2D eigenvalue weighted by atomic mass is 10.00. The van der Waals surface area contributed by atoms with Crippen molar-refractivity contribution >= 4 is 0 Å². The molecule has 1 aromatic rings. The zero-order valence-electron chi connectivity index (χ0n) is 7.36. The number of hydrogen-bond acceptors (Lipinski definition) is 4. The number of aliphatic hydroxyl groups excluding tert-OH is 1. The first-order valence-electron chi connectivity index (χ1n) is 3.86. The Balaban J connectivity index is 3.00. The molecule has 0 saturated carbocycles. The van der Waals surface area contributed by atoms with Gasteiger partial charge in [-0.25, -0.2) is 0 Å². The molecule has 0 spiro atoms. The summed E-state index contributed by atoms with van der Waals surface area (Å²) in [6.45, 7) is 1.51. The number of hydrogen-bond donors (Lipinski definition) is 2. The summed E-state index contributed by atoms with van der Waals surface area (Å²) in [6, 6.07) is 5.23. The minimum atomic E-state index is -0.839. The topological polar surface area (TPSA) is 82.9 Å². The van der Waals surface area contributed by atoms with Crippen molar-refractivity contribution in [3.63, 3.8) is 0 Å². The molecule has 0 saturated heterocycles. The number of aromatic nitrogens is 1. The number of aliphatic hydroxyl groups is 1. The van der Waals surface area contributed by atoms with Crippen LogP contribution in [0.1, 0.15) is 18.2 Å². The van der Waals surface area contributed by atoms with Crippen molar-refractivity contribution in [3.05, 3.63) is 29.6 Å². The van der Waals surface area contributed by atoms with E-state index in [-0.39, 0.29) is 6.61 Å². The summed E-state index contributed by atoms with van der Waals surface area (Å²) >= 11 is 0. The van der Waals surface area contributed by atoms with E-state index in [1.165, 1.54) is 6.20 Å². The van der Waals surface area contributed by atoms with Crippen LogP contribution in [0.2, 0.25) is 0 Å². The molecule has 1 atom stereocenters. The SMILES string of the molecule is CC(N)(CO)c1ccc(C#N)cn1. The van der Waals surface area contributed by atoms with Crippen LogP contribution in [0.25, 0.3) is 0 Å². The second-order valence-corrected chi connectivity index (χ2v) is 3.12. The summed E-state index contributed by atoms with van der Waals surface area (Å²) in [5, 5.41) is 17.5. The van der Waals surface area contributed by atoms with Crippen LogP contribution in [0.5, 0.6) is 0 Å². The molecule has 4 nitrogen and oxygen atoms in total. The van der Waals surface area contributed by atoms with Gasteiger partial charge in [0.15, 0.2) is 0 Å². The van der Waals surface area contributed by atoms with Crippen molar-refractivity contribution in [2.24, 2.45) is 5.73 Å². The van der Waals surface area contributed by atoms with Crippen molar-refractivity contribution in [1.82, 2.24) is 4.98 Å². The Morgan fingerprint density at radius 2 is 2.38 bits per heavy atom. The van der Waals surface area contributed by atoms with Gasteiger partial charge >= 0.3 is 0 Å². The molecule has 0 aliphatic rings. The first-order chi connectivity index (χ1) is 6.10. The van der Waals surface area contributed by atoms with E-state index in [1.54, 1.807) is 19.1 Å². The quantitative estimate of drug-likeness (QED) is 0.672. The highest BCUT2D eigenvalue weighted by Gasteiger charge is 2.20. The van der Waals surface area contributed by atoms with E-state index < -0.39 is 5.54 Å². The number of nitrogens with zero attached hydrogens (tertiary/aromatic N) is 2. The van der Waals surface area contributed by atoms with Crippen LogP contribution >= 0.6 is 0 Å². The summed E-state index contributed by atoms with van der Waals surface area (Å²) in [7, 11) is 0. The van der Waals surface area contributed by atoms with Gasteiger partial charge in [0, 0.05) is 6.20 Å². The highest BCUT2D eigenvalue weighted by molar-refractivity contribution is 5.28. The lowest BCUT2D eigenvalue weighted by molar-refractivity contribution is 0.207. The molecule has 0 fully saturated rings. The molecule has 68 valence electrons. The van der Waals surface area contributed by atoms with Gasteiger partial charge in [-0.1, -0.05) is 0 Å². The number of nitriles is 1. The second kappa shape index (κ2) is 3.52. The van der Waals surface area contributed by atoms with Crippen LogP contribution in [-0.4, -0.2) is 16.7 Å². The van der Waals surface area contributed by atoms with E-state index in [0.29, 0.717) is 11.3 Å². The van der Waals surface area contributed by atoms with Crippen LogP contribution in [-0.2, 0) is 5.54 Å². The van der Waals surface area contributed by atoms with E-state index in [4.69, 9.17) is 16.1 Å². The van der Waals surface area contributed by atoms with Gasteiger partial charge in [0.1, 0.15) is 6.07 Å². The Hall–Kier alpha value is -1.44. The minimum Gasteiger partial charge on any atom is -0.394 e. The smallest absolute Gasteiger partial charge is 0.101 e. The molecule has 1 unspecified atom stereocenters. The Morgan fingerprint density at radius 3 is 2.77 bits per heavy atom. The van der Waals surface area contributed by atoms with Crippen LogP contribution < -0.4 is 5.73 Å². The monoisotopic (exact) mass is 177 g/mol. The van der Waals surface area contributed by atoms with Gasteiger partial charge in [0.2, 0.25) is 0 Å². The van der Waals surface area contributed by atoms with Gasteiger partial charge in [-0.05, 0) is 19.1 Å². The van der Waals surface area contributed by atoms with Gasteiger partial charge in [-0.15, -0.1) is 0 Å². The van der Waals surface area contributed by atoms with Crippen LogP contribution in [0, 0.1) is 11.3 Å². The minimum absolute atomic E-state index is 0.175. The second-order valence-electron chi connectivity index (χ2n) is 3.12. The lowest BCUT2D eigenvalue weighted by Gasteiger charge is -2.20. The average Bonchev–Trinajstić information content (AvgIpc) is 2.18. The van der Waals surface area contributed by atoms with E-state index in [2.05, 4.69) is 4.98 Å². The van der Waals surface area contributed by atoms with Gasteiger partial charge < -0.3 is 10.8 Å². The summed E-state index contributed by atoms with van der Waals surface area (Å²) < 4.78 is 0. The Bertz CT molecular complexity index is 324. The molecular formula is C9H11N3O. The van der Waals surface area contributed by atoms with E-state index in [0.717, 1.165) is 0 Å². The molecule has 1 rings (SSSR count). The molecule has 0 amide bonds. The highest BCUT2D eigenvalue weighted by atomic mass is 16.3. The lowest BCUT2D eigenvalue weighted by Crippen LogP contribution is -2.37. The highest BCUT2D eigenvalue weighted by Crippen LogP contribution is 2.13. The van der Waals surface area contributed by atoms with Crippen LogP contribution in [0.15, 0.2) is 18.3 Å². The van der Waals surface area contributed by atoms with Crippen LogP contribution in [0.3, 0.4) is 0 Å². The van der Waals surface area contributed by atoms with E-state index in [9.17, 15) is 0 Å². The molecule has 13 heavy (non-hydrogen) atoms. The van der Waals surface area contributed by atoms with Crippen molar-refractivity contribution < 1.29 is 5.11 Å². The first-order valence-corrected chi connectivity index (χ1v) is 3.86. The zero-order chi connectivity index (χ0) is 9.90. The van der Waals surface area contributed by atoms with E-state index in [1.807, 2.05) is 6.07 Å². The third-order valence-electron chi connectivity index (χ3n) is 1.81. The molecule has 1 heterocycles. The van der Waals surface area contributed by atoms with Gasteiger partial charge in [0.05, 0.1) is 23.4 Å². The summed E-state index contributed by atoms with van der Waals surface area (Å²) in [6.07, 6.45) is 1.44. The van der Waals surface area contributed by atoms with Crippen molar-refractivity contribution in [1.29, 1.82) is 5.26 Å².